The molecule has 1 fully saturated rings. The number of carbonyl (C=O) groups is 1. The molecule has 4 rings (SSSR count). The standard InChI is InChI=1S/C24H27N3O3S/c1-29-21-14-12-18(13-15-21)16-22-25-26-24(30-22)31-17-23(28)27(19-8-4-2-5-9-19)20-10-6-3-7-11-20/h2,4-5,8-9,12-15,20H,3,6-7,10-11,16-17H2,1H3. The summed E-state index contributed by atoms with van der Waals surface area (Å²) in [6.07, 6.45) is 6.25. The molecule has 0 unspecified atom stereocenters. The van der Waals surface area contributed by atoms with Gasteiger partial charge in [-0.05, 0) is 42.7 Å². The number of carbonyl (C=O) groups excluding carboxylic acids is 1. The largest absolute Gasteiger partial charge is 0.497 e. The van der Waals surface area contributed by atoms with Crippen LogP contribution in [0.5, 0.6) is 5.75 Å². The van der Waals surface area contributed by atoms with Crippen molar-refractivity contribution in [1.29, 1.82) is 0 Å². The Bertz CT molecular complexity index is 969. The van der Waals surface area contributed by atoms with Gasteiger partial charge in [0.15, 0.2) is 0 Å². The summed E-state index contributed by atoms with van der Waals surface area (Å²) in [6.45, 7) is 0. The second kappa shape index (κ2) is 10.5. The van der Waals surface area contributed by atoms with Gasteiger partial charge in [0.1, 0.15) is 5.75 Å². The molecule has 0 spiro atoms. The second-order valence-corrected chi connectivity index (χ2v) is 8.59. The minimum atomic E-state index is 0.0815. The van der Waals surface area contributed by atoms with Gasteiger partial charge in [0.05, 0.1) is 19.3 Å². The number of amides is 1. The number of hydrogen-bond acceptors (Lipinski definition) is 6. The number of benzene rings is 2. The second-order valence-electron chi connectivity index (χ2n) is 7.67. The molecule has 1 saturated carbocycles. The van der Waals surface area contributed by atoms with Gasteiger partial charge in [0, 0.05) is 11.7 Å². The lowest BCUT2D eigenvalue weighted by atomic mass is 9.93. The molecule has 0 atom stereocenters. The van der Waals surface area contributed by atoms with Crippen molar-refractivity contribution in [2.45, 2.75) is 49.8 Å². The zero-order valence-corrected chi connectivity index (χ0v) is 18.5. The molecule has 0 aliphatic heterocycles. The molecule has 162 valence electrons. The van der Waals surface area contributed by atoms with Crippen molar-refractivity contribution >= 4 is 23.4 Å². The van der Waals surface area contributed by atoms with E-state index in [2.05, 4.69) is 10.2 Å². The smallest absolute Gasteiger partial charge is 0.277 e. The van der Waals surface area contributed by atoms with Gasteiger partial charge in [-0.15, -0.1) is 10.2 Å². The van der Waals surface area contributed by atoms with Crippen molar-refractivity contribution in [3.05, 3.63) is 66.1 Å². The lowest BCUT2D eigenvalue weighted by Gasteiger charge is -2.34. The first-order chi connectivity index (χ1) is 15.2. The van der Waals surface area contributed by atoms with Crippen molar-refractivity contribution in [1.82, 2.24) is 10.2 Å². The quantitative estimate of drug-likeness (QED) is 0.455. The first-order valence-electron chi connectivity index (χ1n) is 10.7. The van der Waals surface area contributed by atoms with Crippen molar-refractivity contribution in [2.24, 2.45) is 0 Å². The van der Waals surface area contributed by atoms with E-state index in [1.165, 1.54) is 31.0 Å². The number of anilines is 1. The van der Waals surface area contributed by atoms with Gasteiger partial charge in [-0.2, -0.15) is 0 Å². The molecular formula is C24H27N3O3S. The van der Waals surface area contributed by atoms with E-state index in [1.54, 1.807) is 7.11 Å². The van der Waals surface area contributed by atoms with Crippen molar-refractivity contribution in [2.75, 3.05) is 17.8 Å². The molecule has 1 amide bonds. The summed E-state index contributed by atoms with van der Waals surface area (Å²) in [5, 5.41) is 8.67. The van der Waals surface area contributed by atoms with E-state index in [1.807, 2.05) is 59.5 Å². The van der Waals surface area contributed by atoms with Gasteiger partial charge >= 0.3 is 0 Å². The molecule has 0 bridgehead atoms. The number of hydrogen-bond donors (Lipinski definition) is 0. The molecule has 1 aliphatic rings. The van der Waals surface area contributed by atoms with Crippen LogP contribution >= 0.6 is 11.8 Å². The van der Waals surface area contributed by atoms with E-state index >= 15 is 0 Å². The van der Waals surface area contributed by atoms with Crippen LogP contribution in [0.3, 0.4) is 0 Å². The molecule has 1 heterocycles. The number of thioether (sulfide) groups is 1. The minimum absolute atomic E-state index is 0.0815. The predicted octanol–water partition coefficient (Wildman–Crippen LogP) is 5.13. The third-order valence-electron chi connectivity index (χ3n) is 5.52. The molecule has 0 saturated heterocycles. The number of aromatic nitrogens is 2. The minimum Gasteiger partial charge on any atom is -0.497 e. The monoisotopic (exact) mass is 437 g/mol. The Hall–Kier alpha value is -2.80. The van der Waals surface area contributed by atoms with E-state index < -0.39 is 0 Å². The Morgan fingerprint density at radius 1 is 1.06 bits per heavy atom. The highest BCUT2D eigenvalue weighted by Crippen LogP contribution is 2.29. The van der Waals surface area contributed by atoms with Gasteiger partial charge < -0.3 is 14.1 Å². The van der Waals surface area contributed by atoms with Crippen LogP contribution < -0.4 is 9.64 Å². The van der Waals surface area contributed by atoms with Crippen LogP contribution in [-0.2, 0) is 11.2 Å². The molecule has 0 N–H and O–H groups in total. The average Bonchev–Trinajstić information content (AvgIpc) is 3.27. The van der Waals surface area contributed by atoms with E-state index in [9.17, 15) is 4.79 Å². The van der Waals surface area contributed by atoms with E-state index in [-0.39, 0.29) is 17.7 Å². The van der Waals surface area contributed by atoms with Crippen LogP contribution in [0.1, 0.15) is 43.6 Å². The van der Waals surface area contributed by atoms with Crippen LogP contribution in [-0.4, -0.2) is 35.0 Å². The van der Waals surface area contributed by atoms with Crippen LogP contribution in [0, 0.1) is 0 Å². The highest BCUT2D eigenvalue weighted by atomic mass is 32.2. The summed E-state index contributed by atoms with van der Waals surface area (Å²) in [5.74, 6) is 1.70. The third kappa shape index (κ3) is 5.67. The number of methoxy groups -OCH3 is 1. The Balaban J connectivity index is 1.38. The van der Waals surface area contributed by atoms with E-state index in [0.717, 1.165) is 29.8 Å². The normalized spacial score (nSPS) is 14.4. The predicted molar refractivity (Wildman–Crippen MR) is 122 cm³/mol. The first-order valence-corrected chi connectivity index (χ1v) is 11.7. The number of rotatable bonds is 8. The Kier molecular flexibility index (Phi) is 7.25. The summed E-state index contributed by atoms with van der Waals surface area (Å²) in [4.78, 5) is 15.2. The molecule has 3 aromatic rings. The highest BCUT2D eigenvalue weighted by molar-refractivity contribution is 7.99. The zero-order valence-electron chi connectivity index (χ0n) is 17.7. The number of ether oxygens (including phenoxy) is 1. The van der Waals surface area contributed by atoms with Gasteiger partial charge in [0.2, 0.25) is 11.8 Å². The molecule has 1 aromatic heterocycles. The molecule has 2 aromatic carbocycles. The fourth-order valence-electron chi connectivity index (χ4n) is 3.97. The first kappa shape index (κ1) is 21.4. The third-order valence-corrected chi connectivity index (χ3v) is 6.33. The van der Waals surface area contributed by atoms with Crippen molar-refractivity contribution in [3.63, 3.8) is 0 Å². The van der Waals surface area contributed by atoms with E-state index in [0.29, 0.717) is 17.5 Å². The Morgan fingerprint density at radius 3 is 2.52 bits per heavy atom. The van der Waals surface area contributed by atoms with Gasteiger partial charge in [-0.3, -0.25) is 4.79 Å². The Labute approximate surface area is 187 Å². The highest BCUT2D eigenvalue weighted by Gasteiger charge is 2.27. The molecule has 0 radical (unpaired) electrons. The topological polar surface area (TPSA) is 68.5 Å². The molecule has 31 heavy (non-hydrogen) atoms. The zero-order chi connectivity index (χ0) is 21.5. The van der Waals surface area contributed by atoms with Crippen molar-refractivity contribution < 1.29 is 13.9 Å². The lowest BCUT2D eigenvalue weighted by Crippen LogP contribution is -2.42. The van der Waals surface area contributed by atoms with Crippen LogP contribution in [0.2, 0.25) is 0 Å². The summed E-state index contributed by atoms with van der Waals surface area (Å²) in [5.41, 5.74) is 2.02. The van der Waals surface area contributed by atoms with Crippen molar-refractivity contribution in [3.8, 4) is 5.75 Å². The maximum atomic E-state index is 13.2. The summed E-state index contributed by atoms with van der Waals surface area (Å²) in [7, 11) is 1.64. The average molecular weight is 438 g/mol. The fourth-order valence-corrected chi connectivity index (χ4v) is 4.60. The summed E-state index contributed by atoms with van der Waals surface area (Å²) in [6, 6.07) is 18.0. The Morgan fingerprint density at radius 2 is 1.81 bits per heavy atom. The molecule has 6 nitrogen and oxygen atoms in total. The molecular weight excluding hydrogens is 410 g/mol. The van der Waals surface area contributed by atoms with Gasteiger partial charge in [-0.25, -0.2) is 0 Å². The van der Waals surface area contributed by atoms with Crippen LogP contribution in [0.25, 0.3) is 0 Å². The van der Waals surface area contributed by atoms with Crippen LogP contribution in [0.4, 0.5) is 5.69 Å². The number of para-hydroxylation sites is 1. The van der Waals surface area contributed by atoms with Gasteiger partial charge in [-0.1, -0.05) is 61.4 Å². The van der Waals surface area contributed by atoms with Gasteiger partial charge in [0.25, 0.3) is 5.22 Å². The molecule has 1 aliphatic carbocycles. The fraction of sp³-hybridized carbons (Fsp3) is 0.375. The SMILES string of the molecule is COc1ccc(Cc2nnc(SCC(=O)N(c3ccccc3)C3CCCCC3)o2)cc1. The summed E-state index contributed by atoms with van der Waals surface area (Å²) >= 11 is 1.30. The maximum Gasteiger partial charge on any atom is 0.277 e. The summed E-state index contributed by atoms with van der Waals surface area (Å²) < 4.78 is 10.9. The maximum absolute atomic E-state index is 13.2. The number of nitrogens with zero attached hydrogens (tertiary/aromatic N) is 3. The molecule has 7 heteroatoms. The van der Waals surface area contributed by atoms with E-state index in [4.69, 9.17) is 9.15 Å². The lowest BCUT2D eigenvalue weighted by molar-refractivity contribution is -0.116. The van der Waals surface area contributed by atoms with Crippen LogP contribution in [0.15, 0.2) is 64.2 Å².